The van der Waals surface area contributed by atoms with Crippen LogP contribution in [0.3, 0.4) is 0 Å². The summed E-state index contributed by atoms with van der Waals surface area (Å²) in [6, 6.07) is 8.55. The molecule has 2 aliphatic carbocycles. The molecule has 1 fully saturated rings. The van der Waals surface area contributed by atoms with Gasteiger partial charge in [-0.15, -0.1) is 0 Å². The normalized spacial score (nSPS) is 13.7. The fourth-order valence-electron chi connectivity index (χ4n) is 4.85. The van der Waals surface area contributed by atoms with E-state index in [0.29, 0.717) is 35.3 Å². The third-order valence-electron chi connectivity index (χ3n) is 7.37. The van der Waals surface area contributed by atoms with Crippen LogP contribution in [0.2, 0.25) is 0 Å². The van der Waals surface area contributed by atoms with Crippen LogP contribution in [0.5, 0.6) is 0 Å². The summed E-state index contributed by atoms with van der Waals surface area (Å²) in [5.74, 6) is -3.15. The third kappa shape index (κ3) is 7.73. The average Bonchev–Trinajstić information content (AvgIpc) is 3.75. The molecule has 3 amide bonds. The fourth-order valence-corrected chi connectivity index (χ4v) is 5.71. The molecule has 1 unspecified atom stereocenters. The number of halogens is 1. The molecule has 0 bridgehead atoms. The molecule has 1 saturated carbocycles. The Bertz CT molecular complexity index is 1630. The molecule has 12 nitrogen and oxygen atoms in total. The van der Waals surface area contributed by atoms with Crippen LogP contribution in [0.1, 0.15) is 54.4 Å². The molecule has 14 heteroatoms. The van der Waals surface area contributed by atoms with Crippen molar-refractivity contribution in [2.24, 2.45) is 5.92 Å². The number of nitrogens with one attached hydrogen (secondary N) is 3. The van der Waals surface area contributed by atoms with Crippen LogP contribution in [-0.4, -0.2) is 70.2 Å². The number of nitrogens with zero attached hydrogens (tertiary/aromatic N) is 1. The van der Waals surface area contributed by atoms with Crippen LogP contribution in [-0.2, 0) is 24.4 Å². The van der Waals surface area contributed by atoms with Crippen molar-refractivity contribution >= 4 is 39.4 Å². The summed E-state index contributed by atoms with van der Waals surface area (Å²) in [7, 11) is -2.54. The van der Waals surface area contributed by atoms with Crippen LogP contribution < -0.4 is 20.3 Å². The molecular weight excluding hydrogens is 595 g/mol. The van der Waals surface area contributed by atoms with Crippen LogP contribution in [0, 0.1) is 11.7 Å². The molecule has 1 aliphatic heterocycles. The van der Waals surface area contributed by atoms with E-state index in [1.54, 1.807) is 13.0 Å². The minimum absolute atomic E-state index is 0.0196. The van der Waals surface area contributed by atoms with E-state index in [0.717, 1.165) is 23.4 Å². The topological polar surface area (TPSA) is 175 Å². The first-order valence-corrected chi connectivity index (χ1v) is 16.0. The number of carboxylic acid groups (broad SMARTS) is 1. The first-order chi connectivity index (χ1) is 20.8. The number of hydrogen-bond donors (Lipinski definition) is 4. The second-order valence-electron chi connectivity index (χ2n) is 10.8. The predicted octanol–water partition coefficient (Wildman–Crippen LogP) is 2.93. The lowest BCUT2D eigenvalue weighted by Gasteiger charge is -2.22. The highest BCUT2D eigenvalue weighted by molar-refractivity contribution is 7.92. The highest BCUT2D eigenvalue weighted by atomic mass is 32.2. The van der Waals surface area contributed by atoms with Gasteiger partial charge in [0.15, 0.2) is 0 Å². The summed E-state index contributed by atoms with van der Waals surface area (Å²) in [4.78, 5) is 48.8. The van der Waals surface area contributed by atoms with E-state index >= 15 is 0 Å². The number of anilines is 1. The molecular formula is C30H35FN4O8S. The average molecular weight is 631 g/mol. The maximum atomic E-state index is 13.6. The van der Waals surface area contributed by atoms with Crippen molar-refractivity contribution in [3.63, 3.8) is 0 Å². The largest absolute Gasteiger partial charge is 0.481 e. The summed E-state index contributed by atoms with van der Waals surface area (Å²) >= 11 is 0. The zero-order chi connectivity index (χ0) is 32.2. The molecule has 0 radical (unpaired) electrons. The van der Waals surface area contributed by atoms with Gasteiger partial charge in [0.2, 0.25) is 21.8 Å². The summed E-state index contributed by atoms with van der Waals surface area (Å²) in [5, 5.41) is 16.5. The number of carbonyl (C=O) groups is 4. The summed E-state index contributed by atoms with van der Waals surface area (Å²) < 4.78 is 46.7. The summed E-state index contributed by atoms with van der Waals surface area (Å²) in [6.45, 7) is 0.802. The van der Waals surface area contributed by atoms with Gasteiger partial charge in [-0.3, -0.25) is 23.5 Å². The Morgan fingerprint density at radius 1 is 1.09 bits per heavy atom. The maximum absolute atomic E-state index is 13.6. The van der Waals surface area contributed by atoms with E-state index in [1.165, 1.54) is 37.4 Å². The van der Waals surface area contributed by atoms with E-state index in [4.69, 9.17) is 9.52 Å². The highest BCUT2D eigenvalue weighted by Gasteiger charge is 2.37. The van der Waals surface area contributed by atoms with E-state index in [1.807, 2.05) is 0 Å². The number of fused-ring (bicyclic) bond motifs is 1. The number of carbonyl (C=O) groups excluding carboxylic acids is 3. The van der Waals surface area contributed by atoms with Gasteiger partial charge in [-0.05, 0) is 67.5 Å². The Hall–Kier alpha value is -4.46. The molecule has 1 aromatic rings. The minimum Gasteiger partial charge on any atom is -0.481 e. The van der Waals surface area contributed by atoms with Crippen LogP contribution in [0.25, 0.3) is 22.6 Å². The Morgan fingerprint density at radius 3 is 2.36 bits per heavy atom. The van der Waals surface area contributed by atoms with Crippen molar-refractivity contribution in [1.82, 2.24) is 16.0 Å². The number of hydrogen-bond acceptors (Lipinski definition) is 7. The lowest BCUT2D eigenvalue weighted by molar-refractivity contribution is -0.141. The lowest BCUT2D eigenvalue weighted by atomic mass is 10.0. The molecule has 0 aromatic heterocycles. The van der Waals surface area contributed by atoms with Gasteiger partial charge in [0, 0.05) is 30.8 Å². The Balaban J connectivity index is 1.59. The van der Waals surface area contributed by atoms with E-state index < -0.39 is 58.5 Å². The first-order valence-electron chi connectivity index (χ1n) is 14.1. The Labute approximate surface area is 254 Å². The van der Waals surface area contributed by atoms with Crippen molar-refractivity contribution in [3.05, 3.63) is 53.3 Å². The van der Waals surface area contributed by atoms with Crippen molar-refractivity contribution in [2.75, 3.05) is 37.2 Å². The van der Waals surface area contributed by atoms with Gasteiger partial charge in [0.25, 0.3) is 5.91 Å². The van der Waals surface area contributed by atoms with E-state index in [9.17, 15) is 32.0 Å². The predicted molar refractivity (Wildman–Crippen MR) is 160 cm³/mol. The maximum Gasteiger partial charge on any atom is 0.306 e. The van der Waals surface area contributed by atoms with E-state index in [2.05, 4.69) is 16.0 Å². The molecule has 3 aliphatic rings. The quantitative estimate of drug-likeness (QED) is 0.197. The molecule has 0 saturated heterocycles. The van der Waals surface area contributed by atoms with Crippen molar-refractivity contribution in [2.45, 2.75) is 38.5 Å². The van der Waals surface area contributed by atoms with Crippen LogP contribution in [0.4, 0.5) is 10.1 Å². The fraction of sp³-hybridized carbons (Fsp3) is 0.400. The van der Waals surface area contributed by atoms with Crippen molar-refractivity contribution in [3.8, 4) is 22.6 Å². The van der Waals surface area contributed by atoms with Gasteiger partial charge in [-0.1, -0.05) is 6.92 Å². The molecule has 4 rings (SSSR count). The standard InChI is InChI=1S/C30H35FN4O8S/c1-17(30(39)40)5-4-12-33-25(36)15-34-26(37)16-35(44(3,41)42)23-14-24-21(27(23)18-6-7-18)13-22(29(38)32-2)28(43-24)19-8-10-20(31)11-9-19/h8-11,13-14,17-18H,4-7,12,15-16H2,1-3H3,(H,32,38)(H,33,36)(H,34,37)(H,39,40). The summed E-state index contributed by atoms with van der Waals surface area (Å²) in [5.41, 5.74) is 2.01. The smallest absolute Gasteiger partial charge is 0.306 e. The number of sulfonamides is 1. The zero-order valence-corrected chi connectivity index (χ0v) is 25.4. The Morgan fingerprint density at radius 2 is 1.77 bits per heavy atom. The SMILES string of the molecule is CNC(=O)c1cc2c(C3CC3)c(N(CC(=O)NCC(=O)NCCCC(C)C(=O)O)S(C)(=O)=O)cc-2oc1-c1ccc(F)cc1. The van der Waals surface area contributed by atoms with Crippen molar-refractivity contribution in [1.29, 1.82) is 0 Å². The number of amides is 3. The van der Waals surface area contributed by atoms with E-state index in [-0.39, 0.29) is 29.5 Å². The van der Waals surface area contributed by atoms with Gasteiger partial charge in [-0.2, -0.15) is 0 Å². The highest BCUT2D eigenvalue weighted by Crippen LogP contribution is 2.53. The lowest BCUT2D eigenvalue weighted by Crippen LogP contribution is -2.44. The molecule has 1 aromatic carbocycles. The second kappa shape index (κ2) is 13.5. The molecule has 236 valence electrons. The number of benzene rings is 1. The van der Waals surface area contributed by atoms with Gasteiger partial charge < -0.3 is 25.5 Å². The second-order valence-corrected chi connectivity index (χ2v) is 12.8. The Kier molecular flexibility index (Phi) is 9.92. The van der Waals surface area contributed by atoms with Crippen LogP contribution in [0.15, 0.2) is 40.8 Å². The molecule has 1 heterocycles. The van der Waals surface area contributed by atoms with Crippen molar-refractivity contribution < 1.29 is 41.5 Å². The van der Waals surface area contributed by atoms with Gasteiger partial charge in [0.05, 0.1) is 30.0 Å². The third-order valence-corrected chi connectivity index (χ3v) is 8.49. The molecule has 4 N–H and O–H groups in total. The van der Waals surface area contributed by atoms with Gasteiger partial charge >= 0.3 is 5.97 Å². The summed E-state index contributed by atoms with van der Waals surface area (Å²) in [6.07, 6.45) is 3.34. The zero-order valence-electron chi connectivity index (χ0n) is 24.6. The van der Waals surface area contributed by atoms with Crippen LogP contribution >= 0.6 is 0 Å². The molecule has 44 heavy (non-hydrogen) atoms. The van der Waals surface area contributed by atoms with Gasteiger partial charge in [0.1, 0.15) is 23.9 Å². The number of rotatable bonds is 14. The monoisotopic (exact) mass is 630 g/mol. The first kappa shape index (κ1) is 32.5. The number of aliphatic carboxylic acids is 1. The molecule has 0 spiro atoms. The molecule has 1 atom stereocenters. The van der Waals surface area contributed by atoms with Gasteiger partial charge in [-0.25, -0.2) is 12.8 Å². The minimum atomic E-state index is -4.00. The number of carboxylic acids is 1.